The molecule has 0 aliphatic carbocycles. The van der Waals surface area contributed by atoms with Crippen LogP contribution in [0, 0.1) is 5.82 Å². The first-order valence-electron chi connectivity index (χ1n) is 9.47. The summed E-state index contributed by atoms with van der Waals surface area (Å²) >= 11 is 0. The zero-order valence-electron chi connectivity index (χ0n) is 16.0. The lowest BCUT2D eigenvalue weighted by Crippen LogP contribution is -2.32. The third-order valence-corrected chi connectivity index (χ3v) is 5.10. The highest BCUT2D eigenvalue weighted by atomic mass is 19.1. The molecular formula is C22H21FN4O2. The Balaban J connectivity index is 1.65. The van der Waals surface area contributed by atoms with E-state index in [9.17, 15) is 14.0 Å². The maximum Gasteiger partial charge on any atom is 0.252 e. The SMILES string of the molecule is Cn1ccnc1[C@H](NC(=O)c1cccc(N2CCCC2=O)c1)c1ccccc1F. The van der Waals surface area contributed by atoms with Crippen LogP contribution in [-0.2, 0) is 11.8 Å². The van der Waals surface area contributed by atoms with E-state index in [1.165, 1.54) is 6.07 Å². The van der Waals surface area contributed by atoms with E-state index < -0.39 is 11.9 Å². The number of anilines is 1. The number of carbonyl (C=O) groups is 2. The molecule has 0 spiro atoms. The molecule has 4 rings (SSSR count). The van der Waals surface area contributed by atoms with Crippen molar-refractivity contribution >= 4 is 17.5 Å². The number of nitrogens with one attached hydrogen (secondary N) is 1. The van der Waals surface area contributed by atoms with Crippen LogP contribution in [0.4, 0.5) is 10.1 Å². The number of aryl methyl sites for hydroxylation is 1. The minimum Gasteiger partial charge on any atom is -0.338 e. The fraction of sp³-hybridized carbons (Fsp3) is 0.227. The summed E-state index contributed by atoms with van der Waals surface area (Å²) in [6, 6.07) is 12.5. The van der Waals surface area contributed by atoms with E-state index in [0.717, 1.165) is 6.42 Å². The second kappa shape index (κ2) is 7.87. The summed E-state index contributed by atoms with van der Waals surface area (Å²) < 4.78 is 16.2. The Labute approximate surface area is 168 Å². The largest absolute Gasteiger partial charge is 0.338 e. The van der Waals surface area contributed by atoms with E-state index >= 15 is 0 Å². The second-order valence-corrected chi connectivity index (χ2v) is 7.02. The normalized spacial score (nSPS) is 14.8. The van der Waals surface area contributed by atoms with Gasteiger partial charge in [-0.05, 0) is 30.7 Å². The number of carbonyl (C=O) groups excluding carboxylic acids is 2. The Kier molecular flexibility index (Phi) is 5.12. The molecule has 1 aromatic heterocycles. The first kappa shape index (κ1) is 18.9. The van der Waals surface area contributed by atoms with Crippen molar-refractivity contribution in [2.45, 2.75) is 18.9 Å². The maximum absolute atomic E-state index is 14.5. The molecule has 7 heteroatoms. The molecule has 0 radical (unpaired) electrons. The first-order chi connectivity index (χ1) is 14.0. The average molecular weight is 392 g/mol. The Morgan fingerprint density at radius 3 is 2.72 bits per heavy atom. The number of hydrogen-bond donors (Lipinski definition) is 1. The van der Waals surface area contributed by atoms with Gasteiger partial charge in [0.1, 0.15) is 17.7 Å². The molecule has 29 heavy (non-hydrogen) atoms. The van der Waals surface area contributed by atoms with Gasteiger partial charge in [0.15, 0.2) is 0 Å². The Morgan fingerprint density at radius 1 is 1.21 bits per heavy atom. The van der Waals surface area contributed by atoms with E-state index in [2.05, 4.69) is 10.3 Å². The summed E-state index contributed by atoms with van der Waals surface area (Å²) in [5.74, 6) is -0.207. The van der Waals surface area contributed by atoms with Crippen molar-refractivity contribution in [1.82, 2.24) is 14.9 Å². The number of nitrogens with zero attached hydrogens (tertiary/aromatic N) is 3. The van der Waals surface area contributed by atoms with E-state index in [-0.39, 0.29) is 11.8 Å². The highest BCUT2D eigenvalue weighted by Crippen LogP contribution is 2.25. The molecule has 1 N–H and O–H groups in total. The van der Waals surface area contributed by atoms with Gasteiger partial charge in [-0.3, -0.25) is 9.59 Å². The van der Waals surface area contributed by atoms with Crippen molar-refractivity contribution in [2.75, 3.05) is 11.4 Å². The standard InChI is InChI=1S/C22H21FN4O2/c1-26-13-11-24-21(26)20(17-8-2-3-9-18(17)23)25-22(29)15-6-4-7-16(14-15)27-12-5-10-19(27)28/h2-4,6-9,11,13-14,20H,5,10,12H2,1H3,(H,25,29)/t20-/m1/s1. The Bertz CT molecular complexity index is 1060. The minimum absolute atomic E-state index is 0.0554. The molecule has 1 fully saturated rings. The van der Waals surface area contributed by atoms with Gasteiger partial charge in [0.05, 0.1) is 0 Å². The number of benzene rings is 2. The van der Waals surface area contributed by atoms with Gasteiger partial charge in [-0.15, -0.1) is 0 Å². The Hall–Kier alpha value is -3.48. The molecule has 0 saturated carbocycles. The number of aromatic nitrogens is 2. The highest BCUT2D eigenvalue weighted by Gasteiger charge is 2.25. The molecule has 1 saturated heterocycles. The molecule has 2 aromatic carbocycles. The summed E-state index contributed by atoms with van der Waals surface area (Å²) in [5.41, 5.74) is 1.43. The van der Waals surface area contributed by atoms with Gasteiger partial charge in [-0.1, -0.05) is 24.3 Å². The molecule has 0 unspecified atom stereocenters. The van der Waals surface area contributed by atoms with Crippen LogP contribution < -0.4 is 10.2 Å². The molecule has 3 aromatic rings. The molecule has 1 atom stereocenters. The van der Waals surface area contributed by atoms with Crippen LogP contribution in [0.25, 0.3) is 0 Å². The van der Waals surface area contributed by atoms with Crippen molar-refractivity contribution in [3.63, 3.8) is 0 Å². The van der Waals surface area contributed by atoms with E-state index in [4.69, 9.17) is 0 Å². The molecule has 1 aliphatic rings. The summed E-state index contributed by atoms with van der Waals surface area (Å²) in [7, 11) is 1.79. The van der Waals surface area contributed by atoms with E-state index in [0.29, 0.717) is 35.6 Å². The summed E-state index contributed by atoms with van der Waals surface area (Å²) in [6.07, 6.45) is 4.68. The lowest BCUT2D eigenvalue weighted by atomic mass is 10.0. The van der Waals surface area contributed by atoms with Crippen molar-refractivity contribution in [3.05, 3.63) is 83.7 Å². The van der Waals surface area contributed by atoms with Gasteiger partial charge in [-0.2, -0.15) is 0 Å². The summed E-state index contributed by atoms with van der Waals surface area (Å²) in [6.45, 7) is 0.648. The fourth-order valence-corrected chi connectivity index (χ4v) is 3.60. The number of hydrogen-bond acceptors (Lipinski definition) is 3. The number of rotatable bonds is 5. The van der Waals surface area contributed by atoms with Crippen molar-refractivity contribution in [1.29, 1.82) is 0 Å². The predicted molar refractivity (Wildman–Crippen MR) is 107 cm³/mol. The molecule has 6 nitrogen and oxygen atoms in total. The van der Waals surface area contributed by atoms with Gasteiger partial charge < -0.3 is 14.8 Å². The van der Waals surface area contributed by atoms with Gasteiger partial charge >= 0.3 is 0 Å². The minimum atomic E-state index is -0.749. The third kappa shape index (κ3) is 3.76. The quantitative estimate of drug-likeness (QED) is 0.725. The lowest BCUT2D eigenvalue weighted by Gasteiger charge is -2.21. The van der Waals surface area contributed by atoms with Crippen LogP contribution >= 0.6 is 0 Å². The van der Waals surface area contributed by atoms with Gasteiger partial charge in [0.2, 0.25) is 5.91 Å². The number of imidazole rings is 1. The van der Waals surface area contributed by atoms with Crippen LogP contribution in [-0.4, -0.2) is 27.9 Å². The zero-order chi connectivity index (χ0) is 20.4. The lowest BCUT2D eigenvalue weighted by molar-refractivity contribution is -0.117. The van der Waals surface area contributed by atoms with Gasteiger partial charge in [-0.25, -0.2) is 9.37 Å². The topological polar surface area (TPSA) is 67.2 Å². The first-order valence-corrected chi connectivity index (χ1v) is 9.47. The fourth-order valence-electron chi connectivity index (χ4n) is 3.60. The molecule has 148 valence electrons. The number of halogens is 1. The zero-order valence-corrected chi connectivity index (χ0v) is 16.0. The van der Waals surface area contributed by atoms with E-state index in [1.54, 1.807) is 65.3 Å². The Morgan fingerprint density at radius 2 is 2.03 bits per heavy atom. The van der Waals surface area contributed by atoms with Crippen LogP contribution in [0.5, 0.6) is 0 Å². The van der Waals surface area contributed by atoms with Crippen molar-refractivity contribution in [3.8, 4) is 0 Å². The van der Waals surface area contributed by atoms with Crippen molar-refractivity contribution in [2.24, 2.45) is 7.05 Å². The van der Waals surface area contributed by atoms with Crippen LogP contribution in [0.1, 0.15) is 40.6 Å². The molecule has 0 bridgehead atoms. The maximum atomic E-state index is 14.5. The monoisotopic (exact) mass is 392 g/mol. The summed E-state index contributed by atoms with van der Waals surface area (Å²) in [5, 5.41) is 2.90. The van der Waals surface area contributed by atoms with Crippen LogP contribution in [0.15, 0.2) is 60.9 Å². The molecule has 2 amide bonds. The van der Waals surface area contributed by atoms with Gasteiger partial charge in [0.25, 0.3) is 5.91 Å². The van der Waals surface area contributed by atoms with Crippen molar-refractivity contribution < 1.29 is 14.0 Å². The predicted octanol–water partition coefficient (Wildman–Crippen LogP) is 3.21. The van der Waals surface area contributed by atoms with E-state index in [1.807, 2.05) is 6.07 Å². The highest BCUT2D eigenvalue weighted by molar-refractivity contribution is 5.99. The second-order valence-electron chi connectivity index (χ2n) is 7.02. The van der Waals surface area contributed by atoms with Crippen LogP contribution in [0.2, 0.25) is 0 Å². The smallest absolute Gasteiger partial charge is 0.252 e. The average Bonchev–Trinajstić information content (AvgIpc) is 3.35. The molecular weight excluding hydrogens is 371 g/mol. The molecule has 2 heterocycles. The van der Waals surface area contributed by atoms with Gasteiger partial charge in [0, 0.05) is 49.2 Å². The third-order valence-electron chi connectivity index (χ3n) is 5.10. The molecule has 1 aliphatic heterocycles. The summed E-state index contributed by atoms with van der Waals surface area (Å²) in [4.78, 5) is 31.0. The number of amides is 2. The van der Waals surface area contributed by atoms with Crippen LogP contribution in [0.3, 0.4) is 0 Å².